The first-order chi connectivity index (χ1) is 11.5. The van der Waals surface area contributed by atoms with Gasteiger partial charge in [0, 0.05) is 0 Å². The average molecular weight is 329 g/mol. The van der Waals surface area contributed by atoms with Crippen LogP contribution in [0.2, 0.25) is 0 Å². The van der Waals surface area contributed by atoms with Gasteiger partial charge in [0.1, 0.15) is 0 Å². The van der Waals surface area contributed by atoms with E-state index >= 15 is 0 Å². The Morgan fingerprint density at radius 2 is 1.33 bits per heavy atom. The minimum absolute atomic E-state index is 0.159. The zero-order valence-corrected chi connectivity index (χ0v) is 14.9. The number of aliphatic hydroxyl groups is 2. The van der Waals surface area contributed by atoms with Crippen LogP contribution in [0.25, 0.3) is 0 Å². The molecule has 0 spiro atoms. The molecule has 0 amide bonds. The van der Waals surface area contributed by atoms with Gasteiger partial charge in [0.2, 0.25) is 0 Å². The standard InChI is InChI=1S/C14H23NO2.C7H8/c1-12-5-7-13(8-6-12)4-2-3-9-14(15,10-16)11-17;1-7-5-3-2-4-6-7/h5-8,16-17H,2-4,9-11,15H2,1H3;2-6H,1H3. The number of nitrogens with two attached hydrogens (primary N) is 1. The van der Waals surface area contributed by atoms with Crippen molar-refractivity contribution >= 4 is 0 Å². The Bertz CT molecular complexity index is 548. The van der Waals surface area contributed by atoms with Gasteiger partial charge in [-0.2, -0.15) is 0 Å². The van der Waals surface area contributed by atoms with E-state index in [0.717, 1.165) is 19.3 Å². The van der Waals surface area contributed by atoms with Crippen LogP contribution in [-0.2, 0) is 6.42 Å². The monoisotopic (exact) mass is 329 g/mol. The lowest BCUT2D eigenvalue weighted by Crippen LogP contribution is -2.47. The lowest BCUT2D eigenvalue weighted by molar-refractivity contribution is 0.112. The zero-order valence-electron chi connectivity index (χ0n) is 14.9. The fraction of sp³-hybridized carbons (Fsp3) is 0.429. The maximum atomic E-state index is 9.05. The summed E-state index contributed by atoms with van der Waals surface area (Å²) < 4.78 is 0. The first kappa shape index (κ1) is 20.4. The summed E-state index contributed by atoms with van der Waals surface area (Å²) in [5, 5.41) is 18.1. The fourth-order valence-electron chi connectivity index (χ4n) is 2.30. The Morgan fingerprint density at radius 3 is 1.79 bits per heavy atom. The Hall–Kier alpha value is -1.68. The Morgan fingerprint density at radius 1 is 0.792 bits per heavy atom. The molecule has 3 nitrogen and oxygen atoms in total. The topological polar surface area (TPSA) is 66.5 Å². The molecule has 0 unspecified atom stereocenters. The lowest BCUT2D eigenvalue weighted by atomic mass is 9.94. The van der Waals surface area contributed by atoms with E-state index in [1.807, 2.05) is 18.2 Å². The molecular formula is C21H31NO2. The lowest BCUT2D eigenvalue weighted by Gasteiger charge is -2.24. The molecule has 24 heavy (non-hydrogen) atoms. The first-order valence-electron chi connectivity index (χ1n) is 8.57. The van der Waals surface area contributed by atoms with Crippen molar-refractivity contribution in [2.45, 2.75) is 45.1 Å². The van der Waals surface area contributed by atoms with Crippen LogP contribution in [0.1, 0.15) is 36.0 Å². The van der Waals surface area contributed by atoms with E-state index in [9.17, 15) is 0 Å². The molecule has 132 valence electrons. The number of rotatable bonds is 7. The van der Waals surface area contributed by atoms with E-state index in [2.05, 4.69) is 50.2 Å². The van der Waals surface area contributed by atoms with Gasteiger partial charge in [-0.05, 0) is 38.7 Å². The molecule has 2 aromatic carbocycles. The summed E-state index contributed by atoms with van der Waals surface area (Å²) in [7, 11) is 0. The molecule has 0 heterocycles. The van der Waals surface area contributed by atoms with Gasteiger partial charge in [-0.15, -0.1) is 0 Å². The first-order valence-corrected chi connectivity index (χ1v) is 8.57. The van der Waals surface area contributed by atoms with Crippen molar-refractivity contribution in [3.8, 4) is 0 Å². The van der Waals surface area contributed by atoms with Gasteiger partial charge < -0.3 is 15.9 Å². The normalized spacial score (nSPS) is 10.9. The molecular weight excluding hydrogens is 298 g/mol. The predicted molar refractivity (Wildman–Crippen MR) is 101 cm³/mol. The number of aliphatic hydroxyl groups excluding tert-OH is 2. The molecule has 0 radical (unpaired) electrons. The molecule has 0 saturated carbocycles. The molecule has 0 aliphatic carbocycles. The highest BCUT2D eigenvalue weighted by atomic mass is 16.3. The van der Waals surface area contributed by atoms with Crippen molar-refractivity contribution in [3.05, 3.63) is 71.3 Å². The fourth-order valence-corrected chi connectivity index (χ4v) is 2.30. The van der Waals surface area contributed by atoms with Crippen molar-refractivity contribution in [2.24, 2.45) is 5.73 Å². The highest BCUT2D eigenvalue weighted by Crippen LogP contribution is 2.13. The van der Waals surface area contributed by atoms with Gasteiger partial charge in [0.15, 0.2) is 0 Å². The SMILES string of the molecule is Cc1ccc(CCCCC(N)(CO)CO)cc1.Cc1ccccc1. The van der Waals surface area contributed by atoms with Gasteiger partial charge >= 0.3 is 0 Å². The Labute approximate surface area is 146 Å². The summed E-state index contributed by atoms with van der Waals surface area (Å²) in [6, 6.07) is 18.8. The minimum atomic E-state index is -0.812. The molecule has 2 rings (SSSR count). The van der Waals surface area contributed by atoms with Crippen molar-refractivity contribution in [3.63, 3.8) is 0 Å². The molecule has 0 bridgehead atoms. The van der Waals surface area contributed by atoms with Crippen LogP contribution in [0.3, 0.4) is 0 Å². The molecule has 0 aromatic heterocycles. The van der Waals surface area contributed by atoms with Gasteiger partial charge in [-0.1, -0.05) is 72.1 Å². The highest BCUT2D eigenvalue weighted by Gasteiger charge is 2.21. The summed E-state index contributed by atoms with van der Waals surface area (Å²) in [5.41, 5.74) is 8.90. The average Bonchev–Trinajstić information content (AvgIpc) is 2.61. The third-order valence-corrected chi connectivity index (χ3v) is 4.08. The smallest absolute Gasteiger partial charge is 0.0633 e. The maximum Gasteiger partial charge on any atom is 0.0633 e. The van der Waals surface area contributed by atoms with E-state index in [1.165, 1.54) is 16.7 Å². The third kappa shape index (κ3) is 8.25. The van der Waals surface area contributed by atoms with Gasteiger partial charge in [0.05, 0.1) is 18.8 Å². The van der Waals surface area contributed by atoms with Crippen molar-refractivity contribution in [1.29, 1.82) is 0 Å². The number of unbranched alkanes of at least 4 members (excludes halogenated alkanes) is 1. The molecule has 3 heteroatoms. The summed E-state index contributed by atoms with van der Waals surface area (Å²) in [6.45, 7) is 3.84. The molecule has 0 atom stereocenters. The quantitative estimate of drug-likeness (QED) is 0.682. The highest BCUT2D eigenvalue weighted by molar-refractivity contribution is 5.21. The second kappa shape index (κ2) is 11.0. The van der Waals surface area contributed by atoms with E-state index < -0.39 is 5.54 Å². The summed E-state index contributed by atoms with van der Waals surface area (Å²) in [6.07, 6.45) is 3.63. The summed E-state index contributed by atoms with van der Waals surface area (Å²) in [4.78, 5) is 0. The summed E-state index contributed by atoms with van der Waals surface area (Å²) >= 11 is 0. The third-order valence-electron chi connectivity index (χ3n) is 4.08. The van der Waals surface area contributed by atoms with E-state index in [4.69, 9.17) is 15.9 Å². The molecule has 2 aromatic rings. The van der Waals surface area contributed by atoms with Crippen molar-refractivity contribution in [1.82, 2.24) is 0 Å². The molecule has 0 aliphatic heterocycles. The van der Waals surface area contributed by atoms with Crippen LogP contribution < -0.4 is 5.73 Å². The van der Waals surface area contributed by atoms with E-state index in [1.54, 1.807) is 0 Å². The largest absolute Gasteiger partial charge is 0.394 e. The molecule has 0 saturated heterocycles. The van der Waals surface area contributed by atoms with Crippen LogP contribution in [-0.4, -0.2) is 29.0 Å². The molecule has 0 aliphatic rings. The number of hydrogen-bond donors (Lipinski definition) is 3. The van der Waals surface area contributed by atoms with E-state index in [0.29, 0.717) is 6.42 Å². The van der Waals surface area contributed by atoms with Crippen LogP contribution in [0.15, 0.2) is 54.6 Å². The van der Waals surface area contributed by atoms with Gasteiger partial charge in [-0.3, -0.25) is 0 Å². The maximum absolute atomic E-state index is 9.05. The van der Waals surface area contributed by atoms with Crippen molar-refractivity contribution < 1.29 is 10.2 Å². The number of benzene rings is 2. The Kier molecular flexibility index (Phi) is 9.31. The molecule has 0 fully saturated rings. The second-order valence-corrected chi connectivity index (χ2v) is 6.53. The van der Waals surface area contributed by atoms with E-state index in [-0.39, 0.29) is 13.2 Å². The zero-order chi connectivity index (χ0) is 17.8. The molecule has 4 N–H and O–H groups in total. The number of aryl methyl sites for hydroxylation is 3. The van der Waals surface area contributed by atoms with Crippen molar-refractivity contribution in [2.75, 3.05) is 13.2 Å². The van der Waals surface area contributed by atoms with Gasteiger partial charge in [-0.25, -0.2) is 0 Å². The summed E-state index contributed by atoms with van der Waals surface area (Å²) in [5.74, 6) is 0. The Balaban J connectivity index is 0.000000341. The van der Waals surface area contributed by atoms with Gasteiger partial charge in [0.25, 0.3) is 0 Å². The second-order valence-electron chi connectivity index (χ2n) is 6.53. The van der Waals surface area contributed by atoms with Crippen LogP contribution in [0, 0.1) is 13.8 Å². The predicted octanol–water partition coefficient (Wildman–Crippen LogP) is 3.38. The van der Waals surface area contributed by atoms with Crippen LogP contribution in [0.5, 0.6) is 0 Å². The minimum Gasteiger partial charge on any atom is -0.394 e. The number of hydrogen-bond acceptors (Lipinski definition) is 3. The van der Waals surface area contributed by atoms with Crippen LogP contribution >= 0.6 is 0 Å². The van der Waals surface area contributed by atoms with Crippen LogP contribution in [0.4, 0.5) is 0 Å².